The van der Waals surface area contributed by atoms with Crippen LogP contribution in [0.5, 0.6) is 0 Å². The minimum atomic E-state index is -1.34. The average molecular weight is 545 g/mol. The van der Waals surface area contributed by atoms with Gasteiger partial charge in [0, 0.05) is 50.4 Å². The molecule has 0 bridgehead atoms. The van der Waals surface area contributed by atoms with Gasteiger partial charge in [-0.25, -0.2) is 0 Å². The predicted octanol–water partition coefficient (Wildman–Crippen LogP) is 0.606. The number of hydrogen-bond donors (Lipinski definition) is 6. The van der Waals surface area contributed by atoms with Gasteiger partial charge < -0.3 is 31.1 Å². The molecule has 0 saturated heterocycles. The molecule has 14 heteroatoms. The summed E-state index contributed by atoms with van der Waals surface area (Å²) in [4.78, 5) is 94.5. The number of carboxylic acids is 4. The van der Waals surface area contributed by atoms with Gasteiger partial charge in [0.2, 0.25) is 11.8 Å². The van der Waals surface area contributed by atoms with Crippen LogP contribution in [0.15, 0.2) is 0 Å². The maximum Gasteiger partial charge on any atom is 0.303 e. The lowest BCUT2D eigenvalue weighted by atomic mass is 9.90. The third-order valence-corrected chi connectivity index (χ3v) is 5.82. The van der Waals surface area contributed by atoms with Crippen molar-refractivity contribution in [3.63, 3.8) is 0 Å². The van der Waals surface area contributed by atoms with Crippen molar-refractivity contribution in [2.75, 3.05) is 0 Å². The molecule has 0 radical (unpaired) electrons. The molecule has 0 aromatic carbocycles. The molecule has 6 N–H and O–H groups in total. The number of ketones is 2. The molecule has 0 aromatic heterocycles. The van der Waals surface area contributed by atoms with Crippen LogP contribution < -0.4 is 10.6 Å². The maximum atomic E-state index is 13.1. The van der Waals surface area contributed by atoms with Crippen molar-refractivity contribution in [2.45, 2.75) is 90.1 Å². The van der Waals surface area contributed by atoms with Crippen molar-refractivity contribution in [2.24, 2.45) is 11.8 Å². The first-order valence-corrected chi connectivity index (χ1v) is 12.2. The molecule has 0 rings (SSSR count). The molecule has 0 aliphatic rings. The Bertz CT molecular complexity index is 901. The Morgan fingerprint density at radius 3 is 1.42 bits per heavy atom. The third-order valence-electron chi connectivity index (χ3n) is 5.82. The zero-order valence-electron chi connectivity index (χ0n) is 21.4. The van der Waals surface area contributed by atoms with Crippen molar-refractivity contribution in [1.29, 1.82) is 0 Å². The number of carbonyl (C=O) groups excluding carboxylic acids is 4. The fourth-order valence-electron chi connectivity index (χ4n) is 3.49. The van der Waals surface area contributed by atoms with Crippen LogP contribution in [0.2, 0.25) is 0 Å². The van der Waals surface area contributed by atoms with Gasteiger partial charge in [0.05, 0.1) is 12.1 Å². The second-order valence-corrected chi connectivity index (χ2v) is 8.94. The molecule has 38 heavy (non-hydrogen) atoms. The van der Waals surface area contributed by atoms with Crippen molar-refractivity contribution in [1.82, 2.24) is 10.6 Å². The highest BCUT2D eigenvalue weighted by Crippen LogP contribution is 2.17. The highest BCUT2D eigenvalue weighted by molar-refractivity contribution is 5.95. The molecule has 0 aliphatic heterocycles. The number of aliphatic carboxylic acids is 4. The van der Waals surface area contributed by atoms with Gasteiger partial charge >= 0.3 is 23.9 Å². The first kappa shape index (κ1) is 34.2. The zero-order valence-corrected chi connectivity index (χ0v) is 21.4. The number of carbonyl (C=O) groups is 8. The van der Waals surface area contributed by atoms with E-state index in [0.717, 1.165) is 0 Å². The van der Waals surface area contributed by atoms with Crippen molar-refractivity contribution in [3.8, 4) is 0 Å². The van der Waals surface area contributed by atoms with E-state index in [1.807, 2.05) is 0 Å². The van der Waals surface area contributed by atoms with Crippen LogP contribution in [0.3, 0.4) is 0 Å². The highest BCUT2D eigenvalue weighted by atomic mass is 16.4. The van der Waals surface area contributed by atoms with Gasteiger partial charge in [-0.15, -0.1) is 0 Å². The molecule has 14 nitrogen and oxygen atoms in total. The van der Waals surface area contributed by atoms with E-state index in [4.69, 9.17) is 20.4 Å². The summed E-state index contributed by atoms with van der Waals surface area (Å²) in [6.45, 7) is 2.95. The Balaban J connectivity index is 5.71. The second kappa shape index (κ2) is 17.6. The Labute approximate surface area is 219 Å². The first-order valence-electron chi connectivity index (χ1n) is 12.2. The summed E-state index contributed by atoms with van der Waals surface area (Å²) in [5, 5.41) is 40.6. The van der Waals surface area contributed by atoms with Gasteiger partial charge in [0.25, 0.3) is 0 Å². The molecule has 0 unspecified atom stereocenters. The summed E-state index contributed by atoms with van der Waals surface area (Å²) < 4.78 is 0. The smallest absolute Gasteiger partial charge is 0.303 e. The van der Waals surface area contributed by atoms with E-state index < -0.39 is 96.9 Å². The van der Waals surface area contributed by atoms with Crippen LogP contribution in [0.4, 0.5) is 0 Å². The van der Waals surface area contributed by atoms with Gasteiger partial charge in [0.1, 0.15) is 0 Å². The van der Waals surface area contributed by atoms with Crippen molar-refractivity contribution in [3.05, 3.63) is 0 Å². The van der Waals surface area contributed by atoms with E-state index in [1.165, 1.54) is 13.8 Å². The lowest BCUT2D eigenvalue weighted by molar-refractivity contribution is -0.140. The van der Waals surface area contributed by atoms with E-state index in [2.05, 4.69) is 10.6 Å². The van der Waals surface area contributed by atoms with Crippen LogP contribution in [-0.4, -0.2) is 79.8 Å². The minimum Gasteiger partial charge on any atom is -0.481 e. The van der Waals surface area contributed by atoms with Gasteiger partial charge in [-0.1, -0.05) is 13.8 Å². The van der Waals surface area contributed by atoms with Crippen LogP contribution in [0.25, 0.3) is 0 Å². The molecule has 0 aromatic rings. The topological polar surface area (TPSA) is 242 Å². The Morgan fingerprint density at radius 1 is 0.579 bits per heavy atom. The molecule has 4 atom stereocenters. The van der Waals surface area contributed by atoms with Crippen LogP contribution in [-0.2, 0) is 38.4 Å². The summed E-state index contributed by atoms with van der Waals surface area (Å²) in [6, 6.07) is -2.50. The number of hydrogen-bond acceptors (Lipinski definition) is 8. The number of carboxylic acid groups (broad SMARTS) is 4. The molecule has 2 amide bonds. The van der Waals surface area contributed by atoms with E-state index in [9.17, 15) is 38.4 Å². The second-order valence-electron chi connectivity index (χ2n) is 8.94. The van der Waals surface area contributed by atoms with E-state index >= 15 is 0 Å². The molecule has 0 aliphatic carbocycles. The zero-order chi connectivity index (χ0) is 29.4. The number of rotatable bonds is 21. The van der Waals surface area contributed by atoms with Crippen LogP contribution in [0.1, 0.15) is 78.1 Å². The molecule has 0 heterocycles. The Morgan fingerprint density at radius 2 is 0.974 bits per heavy atom. The number of Topliss-reactive ketones (excluding diaryl/α,β-unsaturated/α-hetero) is 2. The lowest BCUT2D eigenvalue weighted by Crippen LogP contribution is -2.47. The molecule has 0 spiro atoms. The largest absolute Gasteiger partial charge is 0.481 e. The standard InChI is InChI=1S/C24H36N2O12/c1-3-17(27)15(6-10-21(33)34)26-24(38)14(5-9-20(31)32)12-18(28)16(7-11-22(35)36)25-23(37)13(2)4-8-19(29)30/h13-16H,3-12H2,1-2H3,(H,25,37)(H,26,38)(H,29,30)(H,31,32)(H,33,34)(H,35,36)/t13-,14+,15-,16-/m1/s1. The van der Waals surface area contributed by atoms with Gasteiger partial charge in [-0.05, 0) is 25.7 Å². The Kier molecular flexibility index (Phi) is 15.8. The molecular weight excluding hydrogens is 508 g/mol. The quantitative estimate of drug-likeness (QED) is 0.116. The first-order chi connectivity index (χ1) is 17.7. The molecule has 0 fully saturated rings. The minimum absolute atomic E-state index is 0.00730. The summed E-state index contributed by atoms with van der Waals surface area (Å²) in [7, 11) is 0. The van der Waals surface area contributed by atoms with Gasteiger partial charge in [-0.2, -0.15) is 0 Å². The van der Waals surface area contributed by atoms with Crippen molar-refractivity contribution < 1.29 is 58.8 Å². The summed E-state index contributed by atoms with van der Waals surface area (Å²) in [5.74, 6) is -9.65. The third kappa shape index (κ3) is 14.7. The van der Waals surface area contributed by atoms with Crippen LogP contribution >= 0.6 is 0 Å². The highest BCUT2D eigenvalue weighted by Gasteiger charge is 2.31. The Hall–Kier alpha value is -3.84. The molecule has 214 valence electrons. The molecular formula is C24H36N2O12. The monoisotopic (exact) mass is 544 g/mol. The maximum absolute atomic E-state index is 13.1. The van der Waals surface area contributed by atoms with Gasteiger partial charge in [-0.3, -0.25) is 38.4 Å². The summed E-state index contributed by atoms with van der Waals surface area (Å²) >= 11 is 0. The summed E-state index contributed by atoms with van der Waals surface area (Å²) in [6.07, 6.45) is -3.21. The normalized spacial score (nSPS) is 13.8. The SMILES string of the molecule is CCC(=O)[C@@H](CCC(=O)O)NC(=O)[C@@H](CCC(=O)O)CC(=O)[C@@H](CCC(=O)O)NC(=O)[C@H](C)CCC(=O)O. The van der Waals surface area contributed by atoms with Gasteiger partial charge in [0.15, 0.2) is 11.6 Å². The van der Waals surface area contributed by atoms with E-state index in [-0.39, 0.29) is 38.5 Å². The fraction of sp³-hybridized carbons (Fsp3) is 0.667. The average Bonchev–Trinajstić information content (AvgIpc) is 2.83. The van der Waals surface area contributed by atoms with Crippen molar-refractivity contribution >= 4 is 47.3 Å². The van der Waals surface area contributed by atoms with E-state index in [1.54, 1.807) is 0 Å². The van der Waals surface area contributed by atoms with Crippen LogP contribution in [0, 0.1) is 11.8 Å². The van der Waals surface area contributed by atoms with E-state index in [0.29, 0.717) is 0 Å². The lowest BCUT2D eigenvalue weighted by Gasteiger charge is -2.24. The predicted molar refractivity (Wildman–Crippen MR) is 129 cm³/mol. The number of nitrogens with one attached hydrogen (secondary N) is 2. The molecule has 0 saturated carbocycles. The number of amides is 2. The summed E-state index contributed by atoms with van der Waals surface area (Å²) in [5.41, 5.74) is 0. The fourth-order valence-corrected chi connectivity index (χ4v) is 3.49.